The fourth-order valence-corrected chi connectivity index (χ4v) is 4.81. The van der Waals surface area contributed by atoms with Gasteiger partial charge in [0.25, 0.3) is 0 Å². The number of amides is 1. The van der Waals surface area contributed by atoms with Gasteiger partial charge in [0.05, 0.1) is 21.5 Å². The number of carbonyl (C=O) groups excluding carboxylic acids is 1. The maximum Gasteiger partial charge on any atom is 0.226 e. The van der Waals surface area contributed by atoms with Crippen LogP contribution in [0.25, 0.3) is 21.5 Å². The average molecular weight is 431 g/mol. The van der Waals surface area contributed by atoms with Gasteiger partial charge in [0, 0.05) is 17.7 Å². The highest BCUT2D eigenvalue weighted by Gasteiger charge is 2.11. The van der Waals surface area contributed by atoms with E-state index in [1.54, 1.807) is 6.07 Å². The van der Waals surface area contributed by atoms with Crippen LogP contribution in [0.15, 0.2) is 65.7 Å². The zero-order chi connectivity index (χ0) is 20.9. The first-order valence-corrected chi connectivity index (χ1v) is 11.2. The van der Waals surface area contributed by atoms with Gasteiger partial charge in [0.15, 0.2) is 5.13 Å². The number of aromatic nitrogens is 2. The number of carbonyl (C=O) groups is 1. The molecule has 2 aromatic carbocycles. The summed E-state index contributed by atoms with van der Waals surface area (Å²) in [4.78, 5) is 21.4. The number of aryl methyl sites for hydroxylation is 1. The monoisotopic (exact) mass is 430 g/mol. The Morgan fingerprint density at radius 1 is 1.13 bits per heavy atom. The van der Waals surface area contributed by atoms with Gasteiger partial charge in [-0.15, -0.1) is 11.8 Å². The van der Waals surface area contributed by atoms with Crippen LogP contribution in [0.2, 0.25) is 0 Å². The van der Waals surface area contributed by atoms with Crippen molar-refractivity contribution in [2.45, 2.75) is 18.4 Å². The molecule has 0 fully saturated rings. The van der Waals surface area contributed by atoms with Crippen LogP contribution < -0.4 is 5.32 Å². The summed E-state index contributed by atoms with van der Waals surface area (Å²) >= 11 is 2.88. The van der Waals surface area contributed by atoms with E-state index < -0.39 is 0 Å². The van der Waals surface area contributed by atoms with Gasteiger partial charge in [-0.05, 0) is 36.8 Å². The van der Waals surface area contributed by atoms with Crippen LogP contribution >= 0.6 is 23.1 Å². The van der Waals surface area contributed by atoms with Gasteiger partial charge in [0.1, 0.15) is 11.1 Å². The summed E-state index contributed by atoms with van der Waals surface area (Å²) in [5.74, 6) is 0.423. The average Bonchev–Trinajstić information content (AvgIpc) is 3.15. The lowest BCUT2D eigenvalue weighted by Gasteiger charge is -2.07. The molecule has 7 heteroatoms. The highest BCUT2D eigenvalue weighted by Crippen LogP contribution is 2.28. The number of hydrogen-bond donors (Lipinski definition) is 1. The first-order valence-electron chi connectivity index (χ1n) is 9.39. The van der Waals surface area contributed by atoms with Crippen molar-refractivity contribution >= 4 is 44.4 Å². The first-order chi connectivity index (χ1) is 14.6. The van der Waals surface area contributed by atoms with Crippen molar-refractivity contribution in [3.8, 4) is 17.3 Å². The van der Waals surface area contributed by atoms with E-state index in [-0.39, 0.29) is 5.91 Å². The van der Waals surface area contributed by atoms with Gasteiger partial charge >= 0.3 is 0 Å². The molecule has 1 N–H and O–H groups in total. The zero-order valence-corrected chi connectivity index (χ0v) is 17.9. The molecule has 4 rings (SSSR count). The molecule has 2 heterocycles. The van der Waals surface area contributed by atoms with Crippen molar-refractivity contribution in [2.24, 2.45) is 0 Å². The Labute approximate surface area is 182 Å². The maximum absolute atomic E-state index is 12.3. The molecule has 148 valence electrons. The van der Waals surface area contributed by atoms with Crippen molar-refractivity contribution in [3.05, 3.63) is 71.8 Å². The number of pyridine rings is 1. The van der Waals surface area contributed by atoms with Crippen LogP contribution in [-0.2, 0) is 4.79 Å². The molecule has 5 nitrogen and oxygen atoms in total. The third-order valence-electron chi connectivity index (χ3n) is 4.41. The SMILES string of the molecule is Cc1ccc2nc(NC(=O)CCSc3nc(-c4ccccc4)ccc3C#N)sc2c1. The standard InChI is InChI=1S/C23H18N4OS2/c1-15-7-9-19-20(13-15)30-23(26-19)27-21(28)11-12-29-22-17(14-24)8-10-18(25-22)16-5-3-2-4-6-16/h2-10,13H,11-12H2,1H3,(H,26,27,28). The van der Waals surface area contributed by atoms with E-state index in [2.05, 4.69) is 27.4 Å². The number of thiazole rings is 1. The molecule has 0 radical (unpaired) electrons. The Balaban J connectivity index is 1.39. The molecule has 0 unspecified atom stereocenters. The summed E-state index contributed by atoms with van der Waals surface area (Å²) in [6.45, 7) is 2.03. The fraction of sp³-hybridized carbons (Fsp3) is 0.130. The number of nitriles is 1. The second-order valence-corrected chi connectivity index (χ2v) is 8.78. The molecule has 30 heavy (non-hydrogen) atoms. The number of nitrogens with zero attached hydrogens (tertiary/aromatic N) is 3. The molecule has 0 atom stereocenters. The minimum Gasteiger partial charge on any atom is -0.302 e. The molecule has 0 aliphatic rings. The minimum atomic E-state index is -0.101. The van der Waals surface area contributed by atoms with Gasteiger partial charge in [-0.1, -0.05) is 47.7 Å². The van der Waals surface area contributed by atoms with E-state index in [1.165, 1.54) is 28.7 Å². The molecule has 0 bridgehead atoms. The van der Waals surface area contributed by atoms with Crippen molar-refractivity contribution in [1.29, 1.82) is 5.26 Å². The Kier molecular flexibility index (Phi) is 6.07. The van der Waals surface area contributed by atoms with E-state index in [0.29, 0.717) is 27.9 Å². The molecule has 0 aliphatic heterocycles. The topological polar surface area (TPSA) is 78.7 Å². The highest BCUT2D eigenvalue weighted by molar-refractivity contribution is 7.99. The molecule has 0 aliphatic carbocycles. The first kappa shape index (κ1) is 20.1. The summed E-state index contributed by atoms with van der Waals surface area (Å²) in [5.41, 5.74) is 4.37. The summed E-state index contributed by atoms with van der Waals surface area (Å²) in [7, 11) is 0. The number of rotatable bonds is 6. The van der Waals surface area contributed by atoms with Crippen LogP contribution in [0.3, 0.4) is 0 Å². The van der Waals surface area contributed by atoms with Crippen LogP contribution in [0.5, 0.6) is 0 Å². The van der Waals surface area contributed by atoms with Gasteiger partial charge < -0.3 is 5.32 Å². The molecule has 0 spiro atoms. The van der Waals surface area contributed by atoms with E-state index in [4.69, 9.17) is 0 Å². The van der Waals surface area contributed by atoms with Gasteiger partial charge in [-0.25, -0.2) is 9.97 Å². The molecule has 1 amide bonds. The number of fused-ring (bicyclic) bond motifs is 1. The highest BCUT2D eigenvalue weighted by atomic mass is 32.2. The number of benzene rings is 2. The van der Waals surface area contributed by atoms with E-state index in [0.717, 1.165) is 21.5 Å². The molecule has 0 saturated carbocycles. The summed E-state index contributed by atoms with van der Waals surface area (Å²) in [6.07, 6.45) is 0.307. The van der Waals surface area contributed by atoms with E-state index >= 15 is 0 Å². The third kappa shape index (κ3) is 4.67. The smallest absolute Gasteiger partial charge is 0.226 e. The Bertz CT molecular complexity index is 1250. The predicted octanol–water partition coefficient (Wildman–Crippen LogP) is 5.66. The summed E-state index contributed by atoms with van der Waals surface area (Å²) < 4.78 is 1.06. The molecule has 2 aromatic heterocycles. The number of nitrogens with one attached hydrogen (secondary N) is 1. The predicted molar refractivity (Wildman–Crippen MR) is 123 cm³/mol. The van der Waals surface area contributed by atoms with Crippen LogP contribution in [0, 0.1) is 18.3 Å². The Hall–Kier alpha value is -3.21. The normalized spacial score (nSPS) is 10.7. The summed E-state index contributed by atoms with van der Waals surface area (Å²) in [5, 5.41) is 13.5. The number of anilines is 1. The second kappa shape index (κ2) is 9.08. The van der Waals surface area contributed by atoms with Gasteiger partial charge in [-0.3, -0.25) is 4.79 Å². The lowest BCUT2D eigenvalue weighted by atomic mass is 10.1. The quantitative estimate of drug-likeness (QED) is 0.399. The lowest BCUT2D eigenvalue weighted by molar-refractivity contribution is -0.115. The van der Waals surface area contributed by atoms with Crippen molar-refractivity contribution in [3.63, 3.8) is 0 Å². The largest absolute Gasteiger partial charge is 0.302 e. The maximum atomic E-state index is 12.3. The van der Waals surface area contributed by atoms with E-state index in [1.807, 2.05) is 55.5 Å². The Morgan fingerprint density at radius 2 is 1.97 bits per heavy atom. The molecular weight excluding hydrogens is 412 g/mol. The van der Waals surface area contributed by atoms with Gasteiger partial charge in [-0.2, -0.15) is 5.26 Å². The van der Waals surface area contributed by atoms with Gasteiger partial charge in [0.2, 0.25) is 5.91 Å². The van der Waals surface area contributed by atoms with Crippen LogP contribution in [0.4, 0.5) is 5.13 Å². The number of hydrogen-bond acceptors (Lipinski definition) is 6. The Morgan fingerprint density at radius 3 is 2.77 bits per heavy atom. The molecule has 4 aromatic rings. The fourth-order valence-electron chi connectivity index (χ4n) is 2.91. The van der Waals surface area contributed by atoms with Crippen LogP contribution in [-0.4, -0.2) is 21.6 Å². The van der Waals surface area contributed by atoms with Crippen molar-refractivity contribution in [1.82, 2.24) is 9.97 Å². The minimum absolute atomic E-state index is 0.101. The second-order valence-electron chi connectivity index (χ2n) is 6.66. The lowest BCUT2D eigenvalue weighted by Crippen LogP contribution is -2.12. The zero-order valence-electron chi connectivity index (χ0n) is 16.3. The van der Waals surface area contributed by atoms with Crippen molar-refractivity contribution < 1.29 is 4.79 Å². The molecular formula is C23H18N4OS2. The third-order valence-corrected chi connectivity index (χ3v) is 6.33. The van der Waals surface area contributed by atoms with Crippen LogP contribution in [0.1, 0.15) is 17.5 Å². The number of thioether (sulfide) groups is 1. The van der Waals surface area contributed by atoms with E-state index in [9.17, 15) is 10.1 Å². The molecule has 0 saturated heterocycles. The summed E-state index contributed by atoms with van der Waals surface area (Å²) in [6, 6.07) is 21.7. The van der Waals surface area contributed by atoms with Crippen molar-refractivity contribution in [2.75, 3.05) is 11.1 Å².